The maximum Gasteiger partial charge on any atom is 0.322 e. The van der Waals surface area contributed by atoms with Crippen molar-refractivity contribution in [2.75, 3.05) is 6.54 Å². The second kappa shape index (κ2) is 4.93. The normalized spacial score (nSPS) is 9.88. The van der Waals surface area contributed by atoms with Crippen LogP contribution < -0.4 is 5.32 Å². The number of nitrogens with one attached hydrogen (secondary N) is 1. The van der Waals surface area contributed by atoms with Crippen LogP contribution in [0.3, 0.4) is 0 Å². The van der Waals surface area contributed by atoms with Gasteiger partial charge in [0.05, 0.1) is 5.69 Å². The molecule has 0 spiro atoms. The molecule has 0 aromatic carbocycles. The summed E-state index contributed by atoms with van der Waals surface area (Å²) in [7, 11) is 0. The van der Waals surface area contributed by atoms with Gasteiger partial charge in [-0.25, -0.2) is 4.98 Å². The average molecular weight is 289 g/mol. The van der Waals surface area contributed by atoms with Gasteiger partial charge in [-0.1, -0.05) is 0 Å². The maximum atomic E-state index is 11.4. The summed E-state index contributed by atoms with van der Waals surface area (Å²) in [6.45, 7) is 1.13. The molecule has 1 aromatic heterocycles. The van der Waals surface area contributed by atoms with Crippen molar-refractivity contribution >= 4 is 27.8 Å². The first kappa shape index (κ1) is 12.4. The van der Waals surface area contributed by atoms with E-state index in [0.29, 0.717) is 10.2 Å². The predicted octanol–water partition coefficient (Wildman–Crippen LogP) is 0.673. The summed E-state index contributed by atoms with van der Waals surface area (Å²) >= 11 is 3.14. The van der Waals surface area contributed by atoms with E-state index in [9.17, 15) is 14.7 Å². The van der Waals surface area contributed by atoms with Gasteiger partial charge in [-0.2, -0.15) is 0 Å². The number of nitrogens with zero attached hydrogens (tertiary/aromatic N) is 1. The summed E-state index contributed by atoms with van der Waals surface area (Å²) in [5.41, 5.74) is 0.334. The molecule has 16 heavy (non-hydrogen) atoms. The zero-order valence-electron chi connectivity index (χ0n) is 8.32. The van der Waals surface area contributed by atoms with E-state index >= 15 is 0 Å². The summed E-state index contributed by atoms with van der Waals surface area (Å²) in [4.78, 5) is 25.5. The first-order valence-electron chi connectivity index (χ1n) is 4.28. The van der Waals surface area contributed by atoms with Crippen LogP contribution in [0.15, 0.2) is 10.5 Å². The van der Waals surface area contributed by atoms with Gasteiger partial charge >= 0.3 is 5.97 Å². The van der Waals surface area contributed by atoms with Crippen molar-refractivity contribution in [1.82, 2.24) is 10.3 Å². The number of aromatic hydroxyl groups is 1. The minimum atomic E-state index is -1.17. The molecule has 86 valence electrons. The number of amides is 1. The number of carbonyl (C=O) groups is 2. The fourth-order valence-corrected chi connectivity index (χ4v) is 1.28. The van der Waals surface area contributed by atoms with E-state index in [-0.39, 0.29) is 11.4 Å². The highest BCUT2D eigenvalue weighted by atomic mass is 79.9. The van der Waals surface area contributed by atoms with Crippen LogP contribution in [-0.4, -0.2) is 33.6 Å². The third-order valence-electron chi connectivity index (χ3n) is 1.75. The molecule has 0 unspecified atom stereocenters. The van der Waals surface area contributed by atoms with Crippen molar-refractivity contribution < 1.29 is 19.8 Å². The van der Waals surface area contributed by atoms with E-state index in [4.69, 9.17) is 5.11 Å². The maximum absolute atomic E-state index is 11.4. The molecule has 0 bridgehead atoms. The van der Waals surface area contributed by atoms with Crippen LogP contribution in [0.4, 0.5) is 0 Å². The van der Waals surface area contributed by atoms with E-state index in [2.05, 4.69) is 26.2 Å². The molecule has 0 saturated carbocycles. The molecule has 1 rings (SSSR count). The molecule has 0 aliphatic carbocycles. The number of aliphatic carboxylic acids is 1. The Morgan fingerprint density at radius 3 is 2.75 bits per heavy atom. The van der Waals surface area contributed by atoms with Crippen LogP contribution in [0.5, 0.6) is 5.75 Å². The molecule has 0 radical (unpaired) electrons. The van der Waals surface area contributed by atoms with Gasteiger partial charge in [-0.05, 0) is 28.9 Å². The number of pyridine rings is 1. The fourth-order valence-electron chi connectivity index (χ4n) is 0.978. The Bertz CT molecular complexity index is 447. The molecule has 0 fully saturated rings. The standard InChI is InChI=1S/C9H9BrN2O4/c1-4-5(10)2-6(13)8(12-4)9(16)11-3-7(14)15/h2,13H,3H2,1H3,(H,11,16)(H,14,15). The SMILES string of the molecule is Cc1nc(C(=O)NCC(=O)O)c(O)cc1Br. The molecule has 0 saturated heterocycles. The van der Waals surface area contributed by atoms with Gasteiger partial charge in [-0.3, -0.25) is 9.59 Å². The van der Waals surface area contributed by atoms with Crippen LogP contribution in [-0.2, 0) is 4.79 Å². The first-order valence-corrected chi connectivity index (χ1v) is 5.07. The highest BCUT2D eigenvalue weighted by Crippen LogP contribution is 2.22. The number of aromatic nitrogens is 1. The number of hydrogen-bond donors (Lipinski definition) is 3. The molecule has 1 amide bonds. The highest BCUT2D eigenvalue weighted by molar-refractivity contribution is 9.10. The Hall–Kier alpha value is -1.63. The van der Waals surface area contributed by atoms with Gasteiger partial charge in [0.2, 0.25) is 0 Å². The minimum absolute atomic E-state index is 0.193. The summed E-state index contributed by atoms with van der Waals surface area (Å²) in [5, 5.41) is 19.9. The van der Waals surface area contributed by atoms with E-state index < -0.39 is 18.4 Å². The summed E-state index contributed by atoms with van der Waals surface area (Å²) in [5.74, 6) is -2.20. The Balaban J connectivity index is 2.91. The number of halogens is 1. The van der Waals surface area contributed by atoms with Crippen LogP contribution in [0, 0.1) is 6.92 Å². The third kappa shape index (κ3) is 2.93. The summed E-state index contributed by atoms with van der Waals surface area (Å²) < 4.78 is 0.569. The van der Waals surface area contributed by atoms with Gasteiger partial charge in [0.15, 0.2) is 5.69 Å². The van der Waals surface area contributed by atoms with E-state index in [1.807, 2.05) is 0 Å². The lowest BCUT2D eigenvalue weighted by Gasteiger charge is -2.06. The largest absolute Gasteiger partial charge is 0.505 e. The fraction of sp³-hybridized carbons (Fsp3) is 0.222. The molecule has 7 heteroatoms. The number of rotatable bonds is 3. The van der Waals surface area contributed by atoms with Crippen molar-refractivity contribution in [3.63, 3.8) is 0 Å². The van der Waals surface area contributed by atoms with Gasteiger partial charge in [0.1, 0.15) is 12.3 Å². The van der Waals surface area contributed by atoms with Crippen LogP contribution in [0.25, 0.3) is 0 Å². The average Bonchev–Trinajstić information content (AvgIpc) is 2.20. The third-order valence-corrected chi connectivity index (χ3v) is 2.55. The second-order valence-electron chi connectivity index (χ2n) is 3.00. The number of carboxylic acid groups (broad SMARTS) is 1. The molecule has 0 atom stereocenters. The lowest BCUT2D eigenvalue weighted by atomic mass is 10.2. The van der Waals surface area contributed by atoms with E-state index in [0.717, 1.165) is 0 Å². The zero-order chi connectivity index (χ0) is 12.3. The monoisotopic (exact) mass is 288 g/mol. The molecule has 3 N–H and O–H groups in total. The number of carbonyl (C=O) groups excluding carboxylic acids is 1. The van der Waals surface area contributed by atoms with Crippen molar-refractivity contribution in [1.29, 1.82) is 0 Å². The second-order valence-corrected chi connectivity index (χ2v) is 3.85. The molecular formula is C9H9BrN2O4. The zero-order valence-corrected chi connectivity index (χ0v) is 9.91. The quantitative estimate of drug-likeness (QED) is 0.759. The van der Waals surface area contributed by atoms with Crippen LogP contribution in [0.1, 0.15) is 16.2 Å². The molecule has 1 heterocycles. The van der Waals surface area contributed by atoms with Gasteiger partial charge in [0, 0.05) is 4.47 Å². The number of hydrogen-bond acceptors (Lipinski definition) is 4. The highest BCUT2D eigenvalue weighted by Gasteiger charge is 2.15. The topological polar surface area (TPSA) is 99.5 Å². The Kier molecular flexibility index (Phi) is 3.83. The van der Waals surface area contributed by atoms with Crippen molar-refractivity contribution in [2.24, 2.45) is 0 Å². The van der Waals surface area contributed by atoms with Crippen molar-refractivity contribution in [3.8, 4) is 5.75 Å². The molecule has 6 nitrogen and oxygen atoms in total. The lowest BCUT2D eigenvalue weighted by Crippen LogP contribution is -2.30. The lowest BCUT2D eigenvalue weighted by molar-refractivity contribution is -0.135. The Morgan fingerprint density at radius 1 is 1.56 bits per heavy atom. The molecule has 0 aliphatic heterocycles. The summed E-state index contributed by atoms with van der Waals surface area (Å²) in [6.07, 6.45) is 0. The summed E-state index contributed by atoms with van der Waals surface area (Å²) in [6, 6.07) is 1.33. The van der Waals surface area contributed by atoms with Gasteiger partial charge in [0.25, 0.3) is 5.91 Å². The van der Waals surface area contributed by atoms with Crippen molar-refractivity contribution in [3.05, 3.63) is 21.9 Å². The molecule has 0 aliphatic rings. The van der Waals surface area contributed by atoms with E-state index in [1.165, 1.54) is 6.07 Å². The Labute approximate surface area is 99.4 Å². The predicted molar refractivity (Wildman–Crippen MR) is 58.3 cm³/mol. The molecular weight excluding hydrogens is 280 g/mol. The minimum Gasteiger partial charge on any atom is -0.505 e. The smallest absolute Gasteiger partial charge is 0.322 e. The Morgan fingerprint density at radius 2 is 2.19 bits per heavy atom. The molecule has 1 aromatic rings. The first-order chi connectivity index (χ1) is 7.41. The van der Waals surface area contributed by atoms with Crippen LogP contribution >= 0.6 is 15.9 Å². The van der Waals surface area contributed by atoms with Crippen molar-refractivity contribution in [2.45, 2.75) is 6.92 Å². The number of carboxylic acids is 1. The number of aryl methyl sites for hydroxylation is 1. The van der Waals surface area contributed by atoms with Crippen LogP contribution in [0.2, 0.25) is 0 Å². The van der Waals surface area contributed by atoms with E-state index in [1.54, 1.807) is 6.92 Å². The van der Waals surface area contributed by atoms with Gasteiger partial charge in [-0.15, -0.1) is 0 Å². The van der Waals surface area contributed by atoms with Gasteiger partial charge < -0.3 is 15.5 Å².